The second-order valence-electron chi connectivity index (χ2n) is 5.80. The second-order valence-corrected chi connectivity index (χ2v) is 5.80. The van der Waals surface area contributed by atoms with Gasteiger partial charge in [-0.3, -0.25) is 4.79 Å². The minimum absolute atomic E-state index is 0.335. The Bertz CT molecular complexity index is 775. The molecule has 2 aromatic rings. The number of methoxy groups -OCH3 is 1. The molecule has 0 saturated heterocycles. The number of hydrazone groups is 1. The molecule has 2 rings (SSSR count). The molecule has 1 amide bonds. The monoisotopic (exact) mass is 370 g/mol. The summed E-state index contributed by atoms with van der Waals surface area (Å²) in [5, 5.41) is 4.04. The Balaban J connectivity index is 2.04. The van der Waals surface area contributed by atoms with E-state index in [1.807, 2.05) is 38.1 Å². The zero-order valence-corrected chi connectivity index (χ0v) is 16.0. The van der Waals surface area contributed by atoms with Gasteiger partial charge in [-0.1, -0.05) is 26.0 Å². The van der Waals surface area contributed by atoms with Crippen molar-refractivity contribution in [1.29, 1.82) is 0 Å². The Morgan fingerprint density at radius 3 is 2.41 bits per heavy atom. The fourth-order valence-electron chi connectivity index (χ4n) is 2.30. The van der Waals surface area contributed by atoms with Crippen LogP contribution in [0.2, 0.25) is 0 Å². The quantitative estimate of drug-likeness (QED) is 0.506. The van der Waals surface area contributed by atoms with Gasteiger partial charge in [0.25, 0.3) is 5.91 Å². The molecule has 0 spiro atoms. The number of para-hydroxylation sites is 1. The molecule has 0 aliphatic carbocycles. The summed E-state index contributed by atoms with van der Waals surface area (Å²) in [6, 6.07) is 12.6. The molecule has 2 aromatic carbocycles. The lowest BCUT2D eigenvalue weighted by Crippen LogP contribution is -2.17. The maximum absolute atomic E-state index is 12.3. The molecule has 0 aliphatic heterocycles. The van der Waals surface area contributed by atoms with Gasteiger partial charge in [-0.15, -0.1) is 0 Å². The van der Waals surface area contributed by atoms with Crippen LogP contribution in [0.3, 0.4) is 0 Å². The number of hydrogen-bond donors (Lipinski definition) is 1. The summed E-state index contributed by atoms with van der Waals surface area (Å²) in [6.07, 6.45) is 3.38. The van der Waals surface area contributed by atoms with Gasteiger partial charge < -0.3 is 14.2 Å². The number of carbonyl (C=O) groups excluding carboxylic acids is 1. The van der Waals surface area contributed by atoms with Crippen molar-refractivity contribution in [3.8, 4) is 17.2 Å². The Morgan fingerprint density at radius 1 is 1.00 bits per heavy atom. The molecule has 27 heavy (non-hydrogen) atoms. The van der Waals surface area contributed by atoms with Gasteiger partial charge in [0.2, 0.25) is 0 Å². The molecule has 0 atom stereocenters. The number of rotatable bonds is 10. The summed E-state index contributed by atoms with van der Waals surface area (Å²) in [5.41, 5.74) is 3.76. The normalized spacial score (nSPS) is 10.6. The summed E-state index contributed by atoms with van der Waals surface area (Å²) in [5.74, 6) is 1.52. The van der Waals surface area contributed by atoms with E-state index in [-0.39, 0.29) is 5.91 Å². The maximum Gasteiger partial charge on any atom is 0.271 e. The fraction of sp³-hybridized carbons (Fsp3) is 0.333. The number of benzene rings is 2. The van der Waals surface area contributed by atoms with Crippen molar-refractivity contribution >= 4 is 12.1 Å². The first-order chi connectivity index (χ1) is 13.2. The number of nitrogens with one attached hydrogen (secondary N) is 1. The van der Waals surface area contributed by atoms with Gasteiger partial charge in [0.1, 0.15) is 5.75 Å². The first-order valence-corrected chi connectivity index (χ1v) is 9.05. The summed E-state index contributed by atoms with van der Waals surface area (Å²) in [7, 11) is 1.54. The number of ether oxygens (including phenoxy) is 3. The molecule has 0 bridgehead atoms. The predicted molar refractivity (Wildman–Crippen MR) is 106 cm³/mol. The number of amides is 1. The summed E-state index contributed by atoms with van der Waals surface area (Å²) < 4.78 is 16.6. The zero-order valence-electron chi connectivity index (χ0n) is 16.0. The highest BCUT2D eigenvalue weighted by Crippen LogP contribution is 2.28. The SMILES string of the molecule is CCCOc1ccccc1/C=N/NC(=O)c1ccc(OCCC)c(OC)c1. The van der Waals surface area contributed by atoms with Crippen LogP contribution in [0.15, 0.2) is 47.6 Å². The first-order valence-electron chi connectivity index (χ1n) is 9.05. The van der Waals surface area contributed by atoms with E-state index < -0.39 is 0 Å². The van der Waals surface area contributed by atoms with Crippen molar-refractivity contribution in [2.24, 2.45) is 5.10 Å². The van der Waals surface area contributed by atoms with Crippen molar-refractivity contribution in [2.45, 2.75) is 26.7 Å². The Hall–Kier alpha value is -3.02. The molecule has 6 nitrogen and oxygen atoms in total. The van der Waals surface area contributed by atoms with Crippen LogP contribution in [-0.2, 0) is 0 Å². The largest absolute Gasteiger partial charge is 0.493 e. The van der Waals surface area contributed by atoms with Gasteiger partial charge in [-0.25, -0.2) is 5.43 Å². The average molecular weight is 370 g/mol. The highest BCUT2D eigenvalue weighted by molar-refractivity contribution is 5.95. The van der Waals surface area contributed by atoms with Crippen molar-refractivity contribution in [2.75, 3.05) is 20.3 Å². The lowest BCUT2D eigenvalue weighted by atomic mass is 10.2. The molecule has 0 aliphatic rings. The smallest absolute Gasteiger partial charge is 0.271 e. The van der Waals surface area contributed by atoms with Crippen LogP contribution >= 0.6 is 0 Å². The summed E-state index contributed by atoms with van der Waals surface area (Å²) in [6.45, 7) is 5.29. The van der Waals surface area contributed by atoms with Crippen molar-refractivity contribution < 1.29 is 19.0 Å². The number of hydrogen-bond acceptors (Lipinski definition) is 5. The van der Waals surface area contributed by atoms with Gasteiger partial charge in [-0.05, 0) is 43.2 Å². The first kappa shape index (κ1) is 20.3. The van der Waals surface area contributed by atoms with E-state index in [4.69, 9.17) is 14.2 Å². The maximum atomic E-state index is 12.3. The van der Waals surface area contributed by atoms with Crippen LogP contribution in [0.5, 0.6) is 17.2 Å². The number of nitrogens with zero attached hydrogens (tertiary/aromatic N) is 1. The van der Waals surface area contributed by atoms with Gasteiger partial charge in [-0.2, -0.15) is 5.10 Å². The third kappa shape index (κ3) is 6.02. The highest BCUT2D eigenvalue weighted by atomic mass is 16.5. The molecule has 0 radical (unpaired) electrons. The molecule has 144 valence electrons. The van der Waals surface area contributed by atoms with Gasteiger partial charge >= 0.3 is 0 Å². The molecule has 0 aromatic heterocycles. The lowest BCUT2D eigenvalue weighted by Gasteiger charge is -2.11. The van der Waals surface area contributed by atoms with E-state index in [1.54, 1.807) is 31.5 Å². The van der Waals surface area contributed by atoms with Gasteiger partial charge in [0, 0.05) is 11.1 Å². The van der Waals surface area contributed by atoms with Crippen LogP contribution in [0.25, 0.3) is 0 Å². The Labute approximate surface area is 160 Å². The minimum Gasteiger partial charge on any atom is -0.493 e. The van der Waals surface area contributed by atoms with Crippen molar-refractivity contribution in [3.63, 3.8) is 0 Å². The molecule has 6 heteroatoms. The van der Waals surface area contributed by atoms with E-state index in [9.17, 15) is 4.79 Å². The van der Waals surface area contributed by atoms with Crippen molar-refractivity contribution in [3.05, 3.63) is 53.6 Å². The van der Waals surface area contributed by atoms with Crippen LogP contribution in [0.1, 0.15) is 42.6 Å². The zero-order chi connectivity index (χ0) is 19.5. The van der Waals surface area contributed by atoms with Crippen LogP contribution in [-0.4, -0.2) is 32.4 Å². The van der Waals surface area contributed by atoms with E-state index >= 15 is 0 Å². The van der Waals surface area contributed by atoms with Crippen molar-refractivity contribution in [1.82, 2.24) is 5.43 Å². The third-order valence-electron chi connectivity index (χ3n) is 3.64. The molecular formula is C21H26N2O4. The summed E-state index contributed by atoms with van der Waals surface area (Å²) >= 11 is 0. The highest BCUT2D eigenvalue weighted by Gasteiger charge is 2.10. The third-order valence-corrected chi connectivity index (χ3v) is 3.64. The van der Waals surface area contributed by atoms with E-state index in [1.165, 1.54) is 0 Å². The molecule has 0 saturated carbocycles. The number of carbonyl (C=O) groups is 1. The van der Waals surface area contributed by atoms with E-state index in [2.05, 4.69) is 10.5 Å². The van der Waals surface area contributed by atoms with Crippen LogP contribution in [0.4, 0.5) is 0 Å². The van der Waals surface area contributed by atoms with Crippen LogP contribution in [0, 0.1) is 0 Å². The molecule has 1 N–H and O–H groups in total. The Morgan fingerprint density at radius 2 is 1.70 bits per heavy atom. The molecular weight excluding hydrogens is 344 g/mol. The van der Waals surface area contributed by atoms with Crippen LogP contribution < -0.4 is 19.6 Å². The second kappa shape index (κ2) is 10.9. The lowest BCUT2D eigenvalue weighted by molar-refractivity contribution is 0.0954. The average Bonchev–Trinajstić information content (AvgIpc) is 2.71. The van der Waals surface area contributed by atoms with Gasteiger partial charge in [0.05, 0.1) is 26.5 Å². The summed E-state index contributed by atoms with van der Waals surface area (Å²) in [4.78, 5) is 12.3. The Kier molecular flexibility index (Phi) is 8.16. The molecule has 0 fully saturated rings. The van der Waals surface area contributed by atoms with Gasteiger partial charge in [0.15, 0.2) is 11.5 Å². The topological polar surface area (TPSA) is 69.2 Å². The van der Waals surface area contributed by atoms with E-state index in [0.29, 0.717) is 30.3 Å². The minimum atomic E-state index is -0.335. The standard InChI is InChI=1S/C21H26N2O4/c1-4-12-26-18-9-7-6-8-17(18)15-22-23-21(24)16-10-11-19(27-13-5-2)20(14-16)25-3/h6-11,14-15H,4-5,12-13H2,1-3H3,(H,23,24)/b22-15+. The fourth-order valence-corrected chi connectivity index (χ4v) is 2.30. The predicted octanol–water partition coefficient (Wildman–Crippen LogP) is 4.04. The van der Waals surface area contributed by atoms with E-state index in [0.717, 1.165) is 24.2 Å². The molecule has 0 heterocycles. The molecule has 0 unspecified atom stereocenters.